The Bertz CT molecular complexity index is 935. The van der Waals surface area contributed by atoms with Gasteiger partial charge in [-0.05, 0) is 54.7 Å². The molecule has 29 heavy (non-hydrogen) atoms. The van der Waals surface area contributed by atoms with E-state index in [0.29, 0.717) is 12.8 Å². The summed E-state index contributed by atoms with van der Waals surface area (Å²) >= 11 is 0. The highest BCUT2D eigenvalue weighted by Crippen LogP contribution is 2.22. The van der Waals surface area contributed by atoms with Gasteiger partial charge in [-0.25, -0.2) is 0 Å². The number of benzene rings is 2. The molecule has 0 unspecified atom stereocenters. The van der Waals surface area contributed by atoms with Gasteiger partial charge in [0.1, 0.15) is 0 Å². The summed E-state index contributed by atoms with van der Waals surface area (Å²) in [4.78, 5) is 18.2. The number of ether oxygens (including phenoxy) is 1. The van der Waals surface area contributed by atoms with E-state index in [1.54, 1.807) is 0 Å². The fourth-order valence-electron chi connectivity index (χ4n) is 3.33. The van der Waals surface area contributed by atoms with Crippen LogP contribution in [0.2, 0.25) is 0 Å². The van der Waals surface area contributed by atoms with Gasteiger partial charge in [0.2, 0.25) is 0 Å². The molecule has 0 N–H and O–H groups in total. The first-order valence-electron chi connectivity index (χ1n) is 10.2. The quantitative estimate of drug-likeness (QED) is 0.530. The number of methoxy groups -OCH3 is 1. The SMILES string of the molecule is CC.COC(=O)CCc1cccc(Cc2nccc3cc(CN(C)C)ccc23)c1. The van der Waals surface area contributed by atoms with E-state index in [9.17, 15) is 4.79 Å². The number of fused-ring (bicyclic) bond motifs is 1. The molecule has 0 spiro atoms. The molecule has 0 saturated heterocycles. The van der Waals surface area contributed by atoms with Gasteiger partial charge in [0.05, 0.1) is 12.8 Å². The topological polar surface area (TPSA) is 42.4 Å². The smallest absolute Gasteiger partial charge is 0.305 e. The van der Waals surface area contributed by atoms with Crippen LogP contribution in [0.15, 0.2) is 54.7 Å². The molecule has 4 heteroatoms. The third-order valence-electron chi connectivity index (χ3n) is 4.62. The molecule has 0 saturated carbocycles. The third-order valence-corrected chi connectivity index (χ3v) is 4.62. The average molecular weight is 393 g/mol. The van der Waals surface area contributed by atoms with Gasteiger partial charge >= 0.3 is 5.97 Å². The lowest BCUT2D eigenvalue weighted by atomic mass is 9.99. The highest BCUT2D eigenvalue weighted by atomic mass is 16.5. The average Bonchev–Trinajstić information content (AvgIpc) is 2.73. The van der Waals surface area contributed by atoms with Crippen molar-refractivity contribution in [2.45, 2.75) is 39.7 Å². The lowest BCUT2D eigenvalue weighted by Crippen LogP contribution is -2.10. The largest absolute Gasteiger partial charge is 0.469 e. The number of pyridine rings is 1. The van der Waals surface area contributed by atoms with E-state index in [1.165, 1.54) is 29.0 Å². The van der Waals surface area contributed by atoms with E-state index >= 15 is 0 Å². The lowest BCUT2D eigenvalue weighted by Gasteiger charge is -2.12. The minimum atomic E-state index is -0.176. The van der Waals surface area contributed by atoms with Crippen LogP contribution in [0.25, 0.3) is 10.8 Å². The molecule has 0 aliphatic rings. The van der Waals surface area contributed by atoms with Crippen LogP contribution >= 0.6 is 0 Å². The van der Waals surface area contributed by atoms with Gasteiger partial charge in [-0.15, -0.1) is 0 Å². The summed E-state index contributed by atoms with van der Waals surface area (Å²) in [5, 5.41) is 2.42. The predicted octanol–water partition coefficient (Wildman–Crippen LogP) is 5.02. The number of hydrogen-bond donors (Lipinski definition) is 0. The Balaban J connectivity index is 0.00000145. The van der Waals surface area contributed by atoms with Gasteiger partial charge in [-0.2, -0.15) is 0 Å². The molecule has 1 heterocycles. The maximum atomic E-state index is 11.4. The summed E-state index contributed by atoms with van der Waals surface area (Å²) in [6, 6.07) is 17.0. The Morgan fingerprint density at radius 2 is 1.76 bits per heavy atom. The van der Waals surface area contributed by atoms with Crippen molar-refractivity contribution in [3.8, 4) is 0 Å². The van der Waals surface area contributed by atoms with Crippen molar-refractivity contribution in [1.29, 1.82) is 0 Å². The van der Waals surface area contributed by atoms with Gasteiger partial charge in [0, 0.05) is 31.0 Å². The van der Waals surface area contributed by atoms with Crippen LogP contribution < -0.4 is 0 Å². The highest BCUT2D eigenvalue weighted by Gasteiger charge is 2.07. The Morgan fingerprint density at radius 3 is 2.48 bits per heavy atom. The van der Waals surface area contributed by atoms with Crippen molar-refractivity contribution in [3.63, 3.8) is 0 Å². The second kappa shape index (κ2) is 11.3. The van der Waals surface area contributed by atoms with Crippen LogP contribution in [0.3, 0.4) is 0 Å². The maximum absolute atomic E-state index is 11.4. The van der Waals surface area contributed by atoms with Crippen LogP contribution in [-0.4, -0.2) is 37.1 Å². The number of rotatable bonds is 7. The van der Waals surface area contributed by atoms with Crippen LogP contribution in [0.1, 0.15) is 42.7 Å². The van der Waals surface area contributed by atoms with E-state index in [2.05, 4.69) is 66.4 Å². The Labute approximate surface area is 174 Å². The minimum Gasteiger partial charge on any atom is -0.469 e. The molecule has 0 fully saturated rings. The van der Waals surface area contributed by atoms with Crippen LogP contribution in [0.4, 0.5) is 0 Å². The molecule has 0 aliphatic heterocycles. The summed E-state index contributed by atoms with van der Waals surface area (Å²) < 4.78 is 4.73. The normalized spacial score (nSPS) is 10.6. The van der Waals surface area contributed by atoms with Crippen molar-refractivity contribution < 1.29 is 9.53 Å². The van der Waals surface area contributed by atoms with Gasteiger partial charge in [-0.3, -0.25) is 9.78 Å². The van der Waals surface area contributed by atoms with E-state index < -0.39 is 0 Å². The Kier molecular flexibility index (Phi) is 8.81. The predicted molar refractivity (Wildman–Crippen MR) is 120 cm³/mol. The summed E-state index contributed by atoms with van der Waals surface area (Å²) in [5.74, 6) is -0.176. The molecule has 0 radical (unpaired) electrons. The van der Waals surface area contributed by atoms with Crippen LogP contribution in [-0.2, 0) is 28.9 Å². The number of nitrogens with zero attached hydrogens (tertiary/aromatic N) is 2. The van der Waals surface area contributed by atoms with E-state index in [4.69, 9.17) is 4.74 Å². The maximum Gasteiger partial charge on any atom is 0.305 e. The number of aromatic nitrogens is 1. The first-order chi connectivity index (χ1) is 14.0. The molecular weight excluding hydrogens is 360 g/mol. The molecule has 0 aliphatic carbocycles. The first-order valence-corrected chi connectivity index (χ1v) is 10.2. The zero-order chi connectivity index (χ0) is 21.2. The molecule has 4 nitrogen and oxygen atoms in total. The van der Waals surface area contributed by atoms with E-state index in [1.807, 2.05) is 26.1 Å². The van der Waals surface area contributed by atoms with Gasteiger partial charge < -0.3 is 9.64 Å². The van der Waals surface area contributed by atoms with E-state index in [0.717, 1.165) is 24.2 Å². The number of aryl methyl sites for hydroxylation is 1. The first kappa shape index (κ1) is 22.6. The van der Waals surface area contributed by atoms with Crippen molar-refractivity contribution in [1.82, 2.24) is 9.88 Å². The summed E-state index contributed by atoms with van der Waals surface area (Å²) in [6.07, 6.45) is 3.76. The van der Waals surface area contributed by atoms with Crippen molar-refractivity contribution in [2.75, 3.05) is 21.2 Å². The highest BCUT2D eigenvalue weighted by molar-refractivity contribution is 5.85. The molecular formula is C25H32N2O2. The third kappa shape index (κ3) is 6.68. The molecule has 0 bridgehead atoms. The van der Waals surface area contributed by atoms with Crippen molar-refractivity contribution in [2.24, 2.45) is 0 Å². The number of hydrogen-bond acceptors (Lipinski definition) is 4. The summed E-state index contributed by atoms with van der Waals surface area (Å²) in [6.45, 7) is 4.93. The van der Waals surface area contributed by atoms with Crippen LogP contribution in [0, 0.1) is 0 Å². The van der Waals surface area contributed by atoms with Gasteiger partial charge in [-0.1, -0.05) is 50.2 Å². The molecule has 3 aromatic rings. The molecule has 0 atom stereocenters. The summed E-state index contributed by atoms with van der Waals surface area (Å²) in [5.41, 5.74) is 4.73. The number of carbonyl (C=O) groups excluding carboxylic acids is 1. The number of esters is 1. The fraction of sp³-hybridized carbons (Fsp3) is 0.360. The zero-order valence-corrected chi connectivity index (χ0v) is 18.2. The molecule has 1 aromatic heterocycles. The lowest BCUT2D eigenvalue weighted by molar-refractivity contribution is -0.140. The standard InChI is InChI=1S/C23H26N2O2.C2H6/c1-25(2)16-19-7-9-21-20(14-19)11-12-24-22(21)15-18-6-4-5-17(13-18)8-10-23(26)27-3;1-2/h4-7,9,11-14H,8,10,15-16H2,1-3H3;1-2H3. The summed E-state index contributed by atoms with van der Waals surface area (Å²) in [7, 11) is 5.58. The molecule has 154 valence electrons. The van der Waals surface area contributed by atoms with Gasteiger partial charge in [0.25, 0.3) is 0 Å². The van der Waals surface area contributed by atoms with Crippen molar-refractivity contribution in [3.05, 3.63) is 77.1 Å². The monoisotopic (exact) mass is 392 g/mol. The Hall–Kier alpha value is -2.72. The number of carbonyl (C=O) groups is 1. The second-order valence-electron chi connectivity index (χ2n) is 7.12. The van der Waals surface area contributed by atoms with Crippen molar-refractivity contribution >= 4 is 16.7 Å². The molecule has 3 rings (SSSR count). The second-order valence-corrected chi connectivity index (χ2v) is 7.12. The molecule has 2 aromatic carbocycles. The minimum absolute atomic E-state index is 0.176. The fourth-order valence-corrected chi connectivity index (χ4v) is 3.33. The Morgan fingerprint density at radius 1 is 1.00 bits per heavy atom. The van der Waals surface area contributed by atoms with Crippen LogP contribution in [0.5, 0.6) is 0 Å². The zero-order valence-electron chi connectivity index (χ0n) is 18.2. The van der Waals surface area contributed by atoms with Gasteiger partial charge in [0.15, 0.2) is 0 Å². The van der Waals surface area contributed by atoms with E-state index in [-0.39, 0.29) is 5.97 Å². The molecule has 0 amide bonds.